The Bertz CT molecular complexity index is 2250. The van der Waals surface area contributed by atoms with Crippen molar-refractivity contribution in [3.8, 4) is 33.4 Å². The molecule has 0 radical (unpaired) electrons. The fraction of sp³-hybridized carbons (Fsp3) is 0.0698. The first-order valence-electron chi connectivity index (χ1n) is 15.3. The molecule has 8 rings (SSSR count). The smallest absolute Gasteiger partial charge is 0.00199 e. The van der Waals surface area contributed by atoms with E-state index in [0.29, 0.717) is 0 Å². The van der Waals surface area contributed by atoms with E-state index < -0.39 is 0 Å². The molecular formula is C43H34. The second-order valence-corrected chi connectivity index (χ2v) is 10.9. The molecule has 8 aromatic rings. The van der Waals surface area contributed by atoms with Crippen LogP contribution in [0.4, 0.5) is 0 Å². The monoisotopic (exact) mass is 550 g/mol. The van der Waals surface area contributed by atoms with Crippen LogP contribution in [-0.2, 0) is 0 Å². The van der Waals surface area contributed by atoms with Gasteiger partial charge >= 0.3 is 0 Å². The second kappa shape index (κ2) is 11.2. The van der Waals surface area contributed by atoms with E-state index in [-0.39, 0.29) is 0 Å². The van der Waals surface area contributed by atoms with Crippen molar-refractivity contribution in [2.75, 3.05) is 0 Å². The maximum atomic E-state index is 2.43. The summed E-state index contributed by atoms with van der Waals surface area (Å²) in [5.41, 5.74) is 8.92. The molecule has 0 aliphatic rings. The van der Waals surface area contributed by atoms with Gasteiger partial charge in [0.25, 0.3) is 0 Å². The van der Waals surface area contributed by atoms with Crippen molar-refractivity contribution in [2.45, 2.75) is 20.8 Å². The van der Waals surface area contributed by atoms with E-state index in [1.54, 1.807) is 0 Å². The van der Waals surface area contributed by atoms with Gasteiger partial charge < -0.3 is 0 Å². The molecule has 0 heteroatoms. The lowest BCUT2D eigenvalue weighted by Crippen LogP contribution is -1.93. The third-order valence-electron chi connectivity index (χ3n) is 8.60. The van der Waals surface area contributed by atoms with E-state index in [0.717, 1.165) is 0 Å². The molecule has 0 N–H and O–H groups in total. The van der Waals surface area contributed by atoms with Gasteiger partial charge in [0, 0.05) is 0 Å². The minimum Gasteiger partial charge on any atom is -0.0683 e. The number of benzene rings is 8. The minimum atomic E-state index is 1.24. The van der Waals surface area contributed by atoms with Gasteiger partial charge in [0.05, 0.1) is 0 Å². The Morgan fingerprint density at radius 3 is 1.67 bits per heavy atom. The number of fused-ring (bicyclic) bond motifs is 4. The van der Waals surface area contributed by atoms with Gasteiger partial charge in [0.2, 0.25) is 0 Å². The van der Waals surface area contributed by atoms with Crippen molar-refractivity contribution in [1.29, 1.82) is 0 Å². The number of rotatable bonds is 3. The molecule has 206 valence electrons. The molecule has 0 bridgehead atoms. The van der Waals surface area contributed by atoms with Crippen LogP contribution in [-0.4, -0.2) is 0 Å². The van der Waals surface area contributed by atoms with Gasteiger partial charge in [-0.25, -0.2) is 0 Å². The molecule has 8 aromatic carbocycles. The molecule has 0 amide bonds. The van der Waals surface area contributed by atoms with Gasteiger partial charge in [-0.05, 0) is 95.0 Å². The maximum Gasteiger partial charge on any atom is -0.00199 e. The molecule has 0 saturated heterocycles. The summed E-state index contributed by atoms with van der Waals surface area (Å²) in [4.78, 5) is 0. The topological polar surface area (TPSA) is 0 Å². The van der Waals surface area contributed by atoms with Gasteiger partial charge in [-0.1, -0.05) is 159 Å². The number of hydrogen-bond donors (Lipinski definition) is 0. The minimum absolute atomic E-state index is 1.24. The molecule has 0 heterocycles. The van der Waals surface area contributed by atoms with Crippen LogP contribution in [0.2, 0.25) is 0 Å². The summed E-state index contributed by atoms with van der Waals surface area (Å²) in [6, 6.07) is 55.6. The molecule has 0 spiro atoms. The van der Waals surface area contributed by atoms with Crippen molar-refractivity contribution in [2.24, 2.45) is 0 Å². The van der Waals surface area contributed by atoms with E-state index in [9.17, 15) is 0 Å². The molecule has 0 fully saturated rings. The quantitative estimate of drug-likeness (QED) is 0.192. The first kappa shape index (κ1) is 26.7. The third kappa shape index (κ3) is 4.47. The molecule has 0 atom stereocenters. The van der Waals surface area contributed by atoms with Gasteiger partial charge in [-0.2, -0.15) is 0 Å². The predicted molar refractivity (Wildman–Crippen MR) is 189 cm³/mol. The highest BCUT2D eigenvalue weighted by atomic mass is 14.2. The van der Waals surface area contributed by atoms with Crippen LogP contribution >= 0.6 is 0 Å². The highest BCUT2D eigenvalue weighted by Crippen LogP contribution is 2.46. The highest BCUT2D eigenvalue weighted by molar-refractivity contribution is 6.24. The van der Waals surface area contributed by atoms with Gasteiger partial charge in [0.1, 0.15) is 0 Å². The second-order valence-electron chi connectivity index (χ2n) is 10.9. The van der Waals surface area contributed by atoms with E-state index in [2.05, 4.69) is 159 Å². The summed E-state index contributed by atoms with van der Waals surface area (Å²) >= 11 is 0. The fourth-order valence-electron chi connectivity index (χ4n) is 6.70. The first-order valence-corrected chi connectivity index (χ1v) is 15.3. The van der Waals surface area contributed by atoms with Crippen molar-refractivity contribution in [3.63, 3.8) is 0 Å². The molecular weight excluding hydrogens is 516 g/mol. The Morgan fingerprint density at radius 2 is 0.907 bits per heavy atom. The van der Waals surface area contributed by atoms with E-state index in [1.165, 1.54) is 82.0 Å². The third-order valence-corrected chi connectivity index (χ3v) is 8.60. The van der Waals surface area contributed by atoms with Crippen LogP contribution in [0, 0.1) is 6.92 Å². The summed E-state index contributed by atoms with van der Waals surface area (Å²) in [5, 5.41) is 10.3. The Morgan fingerprint density at radius 1 is 0.326 bits per heavy atom. The Hall–Kier alpha value is -5.20. The average Bonchev–Trinajstić information content (AvgIpc) is 3.08. The van der Waals surface area contributed by atoms with Gasteiger partial charge in [-0.3, -0.25) is 0 Å². The van der Waals surface area contributed by atoms with Crippen LogP contribution in [0.1, 0.15) is 19.4 Å². The van der Waals surface area contributed by atoms with Crippen molar-refractivity contribution < 1.29 is 0 Å². The lowest BCUT2D eigenvalue weighted by molar-refractivity contribution is 1.50. The van der Waals surface area contributed by atoms with Crippen LogP contribution in [0.3, 0.4) is 0 Å². The summed E-state index contributed by atoms with van der Waals surface area (Å²) in [6.07, 6.45) is 0. The largest absolute Gasteiger partial charge is 0.0683 e. The number of aryl methyl sites for hydroxylation is 1. The molecule has 43 heavy (non-hydrogen) atoms. The van der Waals surface area contributed by atoms with Crippen molar-refractivity contribution in [1.82, 2.24) is 0 Å². The normalized spacial score (nSPS) is 11.1. The Labute approximate surface area is 253 Å². The maximum absolute atomic E-state index is 2.43. The van der Waals surface area contributed by atoms with Crippen molar-refractivity contribution in [3.05, 3.63) is 157 Å². The zero-order valence-corrected chi connectivity index (χ0v) is 24.9. The van der Waals surface area contributed by atoms with Crippen LogP contribution < -0.4 is 0 Å². The van der Waals surface area contributed by atoms with E-state index in [4.69, 9.17) is 0 Å². The Balaban J connectivity index is 0.00000147. The lowest BCUT2D eigenvalue weighted by atomic mass is 9.83. The standard InChI is InChI=1S/C41H28.C2H6/c1-27-22-24-33(34-18-8-7-16-31(27)34)30-23-25-38-39(26-30)41(35-21-11-15-28-12-5-6-17-32(28)35)37-20-10-9-19-36(37)40(38)29-13-3-2-4-14-29;1-2/h2-26H,1H3;1-2H3. The highest BCUT2D eigenvalue weighted by Gasteiger charge is 2.19. The molecule has 0 nitrogen and oxygen atoms in total. The van der Waals surface area contributed by atoms with Crippen molar-refractivity contribution >= 4 is 43.1 Å². The SMILES string of the molecule is CC.Cc1ccc(-c2ccc3c(-c4ccccc4)c4ccccc4c(-c4cccc5ccccc45)c3c2)c2ccccc12. The molecule has 0 aliphatic carbocycles. The summed E-state index contributed by atoms with van der Waals surface area (Å²) in [5.74, 6) is 0. The van der Waals surface area contributed by atoms with Gasteiger partial charge in [0.15, 0.2) is 0 Å². The zero-order chi connectivity index (χ0) is 29.3. The molecule has 0 saturated carbocycles. The first-order chi connectivity index (χ1) is 21.3. The Kier molecular flexibility index (Phi) is 6.97. The summed E-state index contributed by atoms with van der Waals surface area (Å²) < 4.78 is 0. The lowest BCUT2D eigenvalue weighted by Gasteiger charge is -2.20. The number of hydrogen-bond acceptors (Lipinski definition) is 0. The average molecular weight is 551 g/mol. The molecule has 0 unspecified atom stereocenters. The molecule has 0 aliphatic heterocycles. The van der Waals surface area contributed by atoms with Crippen LogP contribution in [0.5, 0.6) is 0 Å². The van der Waals surface area contributed by atoms with Crippen LogP contribution in [0.25, 0.3) is 76.5 Å². The summed E-state index contributed by atoms with van der Waals surface area (Å²) in [6.45, 7) is 6.20. The molecule has 0 aromatic heterocycles. The zero-order valence-electron chi connectivity index (χ0n) is 24.9. The summed E-state index contributed by atoms with van der Waals surface area (Å²) in [7, 11) is 0. The fourth-order valence-corrected chi connectivity index (χ4v) is 6.70. The predicted octanol–water partition coefficient (Wildman–Crippen LogP) is 12.6. The van der Waals surface area contributed by atoms with E-state index in [1.807, 2.05) is 13.8 Å². The van der Waals surface area contributed by atoms with Crippen LogP contribution in [0.15, 0.2) is 152 Å². The van der Waals surface area contributed by atoms with Gasteiger partial charge in [-0.15, -0.1) is 0 Å². The van der Waals surface area contributed by atoms with E-state index >= 15 is 0 Å².